The second-order valence-corrected chi connectivity index (χ2v) is 7.37. The second kappa shape index (κ2) is 8.22. The van der Waals surface area contributed by atoms with Gasteiger partial charge >= 0.3 is 12.1 Å². The van der Waals surface area contributed by atoms with E-state index < -0.39 is 23.6 Å². The van der Waals surface area contributed by atoms with Gasteiger partial charge in [0.15, 0.2) is 0 Å². The molecule has 2 aromatic rings. The second-order valence-electron chi connectivity index (χ2n) is 6.26. The highest BCUT2D eigenvalue weighted by atomic mass is 32.1. The molecule has 150 valence electrons. The minimum Gasteiger partial charge on any atom is -0.462 e. The minimum absolute atomic E-state index is 0.185. The normalized spacial score (nSPS) is 13.1. The smallest absolute Gasteiger partial charge is 0.416 e. The third kappa shape index (κ3) is 4.46. The Morgan fingerprint density at radius 2 is 2.04 bits per heavy atom. The summed E-state index contributed by atoms with van der Waals surface area (Å²) in [6.45, 7) is 1.71. The zero-order chi connectivity index (χ0) is 20.3. The van der Waals surface area contributed by atoms with Crippen molar-refractivity contribution < 1.29 is 27.5 Å². The van der Waals surface area contributed by atoms with Crippen LogP contribution in [0.25, 0.3) is 0 Å². The maximum Gasteiger partial charge on any atom is 0.416 e. The van der Waals surface area contributed by atoms with Crippen molar-refractivity contribution in [2.75, 3.05) is 23.8 Å². The van der Waals surface area contributed by atoms with Crippen LogP contribution in [-0.2, 0) is 28.5 Å². The number of esters is 1. The molecule has 3 rings (SSSR count). The van der Waals surface area contributed by atoms with Gasteiger partial charge in [-0.15, -0.1) is 11.3 Å². The average Bonchev–Trinajstić information content (AvgIpc) is 3.20. The summed E-state index contributed by atoms with van der Waals surface area (Å²) in [7, 11) is 0. The zero-order valence-electron chi connectivity index (χ0n) is 15.1. The molecule has 28 heavy (non-hydrogen) atoms. The van der Waals surface area contributed by atoms with Crippen molar-refractivity contribution in [2.24, 2.45) is 0 Å². The Hall–Kier alpha value is -2.55. The number of aryl methyl sites for hydroxylation is 1. The van der Waals surface area contributed by atoms with Crippen LogP contribution in [0.4, 0.5) is 23.9 Å². The summed E-state index contributed by atoms with van der Waals surface area (Å²) in [6.07, 6.45) is -1.88. The molecule has 1 aromatic carbocycles. The fourth-order valence-corrected chi connectivity index (χ4v) is 4.36. The summed E-state index contributed by atoms with van der Waals surface area (Å²) in [5.74, 6) is -0.925. The maximum absolute atomic E-state index is 12.8. The molecule has 1 heterocycles. The van der Waals surface area contributed by atoms with Crippen LogP contribution in [0.3, 0.4) is 0 Å². The van der Waals surface area contributed by atoms with Crippen LogP contribution in [0.2, 0.25) is 0 Å². The van der Waals surface area contributed by atoms with Gasteiger partial charge in [-0.05, 0) is 49.9 Å². The first kappa shape index (κ1) is 20.2. The van der Waals surface area contributed by atoms with Crippen molar-refractivity contribution in [2.45, 2.75) is 32.4 Å². The molecule has 0 bridgehead atoms. The summed E-state index contributed by atoms with van der Waals surface area (Å²) in [5.41, 5.74) is 0.706. The third-order valence-corrected chi connectivity index (χ3v) is 5.50. The van der Waals surface area contributed by atoms with Crippen LogP contribution >= 0.6 is 11.3 Å². The Morgan fingerprint density at radius 3 is 2.75 bits per heavy atom. The van der Waals surface area contributed by atoms with Crippen molar-refractivity contribution in [3.8, 4) is 0 Å². The Balaban J connectivity index is 1.68. The van der Waals surface area contributed by atoms with E-state index in [-0.39, 0.29) is 18.8 Å². The van der Waals surface area contributed by atoms with Gasteiger partial charge in [-0.3, -0.25) is 4.79 Å². The Morgan fingerprint density at radius 1 is 1.25 bits per heavy atom. The number of amides is 1. The molecule has 1 aliphatic carbocycles. The predicted molar refractivity (Wildman–Crippen MR) is 101 cm³/mol. The number of nitrogens with one attached hydrogen (secondary N) is 2. The lowest BCUT2D eigenvalue weighted by Gasteiger charge is -2.11. The monoisotopic (exact) mass is 412 g/mol. The highest BCUT2D eigenvalue weighted by Crippen LogP contribution is 2.39. The number of hydrogen-bond donors (Lipinski definition) is 2. The number of rotatable bonds is 6. The van der Waals surface area contributed by atoms with E-state index in [9.17, 15) is 22.8 Å². The van der Waals surface area contributed by atoms with E-state index in [1.54, 1.807) is 6.92 Å². The van der Waals surface area contributed by atoms with Gasteiger partial charge in [0.1, 0.15) is 5.00 Å². The lowest BCUT2D eigenvalue weighted by molar-refractivity contribution is -0.137. The van der Waals surface area contributed by atoms with E-state index in [1.165, 1.54) is 23.5 Å². The van der Waals surface area contributed by atoms with Gasteiger partial charge in [-0.1, -0.05) is 6.07 Å². The molecule has 0 aliphatic heterocycles. The molecule has 1 aromatic heterocycles. The fraction of sp³-hybridized carbons (Fsp3) is 0.368. The molecule has 2 N–H and O–H groups in total. The number of thiophene rings is 1. The van der Waals surface area contributed by atoms with Gasteiger partial charge in [0.2, 0.25) is 5.91 Å². The lowest BCUT2D eigenvalue weighted by atomic mass is 10.1. The molecule has 0 unspecified atom stereocenters. The first-order valence-electron chi connectivity index (χ1n) is 8.82. The Kier molecular flexibility index (Phi) is 5.93. The Bertz CT molecular complexity index is 893. The minimum atomic E-state index is -4.45. The standard InChI is InChI=1S/C19H19F3N2O3S/c1-2-27-18(26)16-13-7-4-8-14(13)28-17(16)24-15(25)10-23-12-6-3-5-11(9-12)19(20,21)22/h3,5-6,9,23H,2,4,7-8,10H2,1H3,(H,24,25). The van der Waals surface area contributed by atoms with Crippen molar-refractivity contribution in [3.63, 3.8) is 0 Å². The number of benzene rings is 1. The molecular weight excluding hydrogens is 393 g/mol. The van der Waals surface area contributed by atoms with Crippen LogP contribution in [0, 0.1) is 0 Å². The number of hydrogen-bond acceptors (Lipinski definition) is 5. The molecule has 1 amide bonds. The van der Waals surface area contributed by atoms with E-state index in [0.717, 1.165) is 41.8 Å². The molecule has 9 heteroatoms. The van der Waals surface area contributed by atoms with E-state index in [2.05, 4.69) is 10.6 Å². The molecule has 0 saturated carbocycles. The number of fused-ring (bicyclic) bond motifs is 1. The highest BCUT2D eigenvalue weighted by Gasteiger charge is 2.30. The molecule has 0 fully saturated rings. The zero-order valence-corrected chi connectivity index (χ0v) is 15.9. The topological polar surface area (TPSA) is 67.4 Å². The number of carbonyl (C=O) groups is 2. The number of anilines is 2. The number of carbonyl (C=O) groups excluding carboxylic acids is 2. The lowest BCUT2D eigenvalue weighted by Crippen LogP contribution is -2.22. The number of halogens is 3. The summed E-state index contributed by atoms with van der Waals surface area (Å²) in [6, 6.07) is 4.62. The van der Waals surface area contributed by atoms with Crippen LogP contribution in [0.1, 0.15) is 39.7 Å². The number of alkyl halides is 3. The van der Waals surface area contributed by atoms with Gasteiger partial charge in [0.25, 0.3) is 0 Å². The van der Waals surface area contributed by atoms with Gasteiger partial charge < -0.3 is 15.4 Å². The summed E-state index contributed by atoms with van der Waals surface area (Å²) in [5, 5.41) is 5.79. The molecule has 1 aliphatic rings. The fourth-order valence-electron chi connectivity index (χ4n) is 3.07. The summed E-state index contributed by atoms with van der Waals surface area (Å²) in [4.78, 5) is 25.6. The predicted octanol–water partition coefficient (Wildman–Crippen LogP) is 4.48. The van der Waals surface area contributed by atoms with Gasteiger partial charge in [0, 0.05) is 10.6 Å². The summed E-state index contributed by atoms with van der Waals surface area (Å²) < 4.78 is 43.4. The SMILES string of the molecule is CCOC(=O)c1c(NC(=O)CNc2cccc(C(F)(F)F)c2)sc2c1CCC2. The first-order chi connectivity index (χ1) is 13.3. The van der Waals surface area contributed by atoms with E-state index in [4.69, 9.17) is 4.74 Å². The first-order valence-corrected chi connectivity index (χ1v) is 9.64. The van der Waals surface area contributed by atoms with Crippen molar-refractivity contribution >= 4 is 33.9 Å². The van der Waals surface area contributed by atoms with Crippen LogP contribution in [-0.4, -0.2) is 25.0 Å². The molecule has 0 spiro atoms. The van der Waals surface area contributed by atoms with Crippen LogP contribution < -0.4 is 10.6 Å². The molecule has 0 radical (unpaired) electrons. The number of ether oxygens (including phenoxy) is 1. The molecule has 0 atom stereocenters. The van der Waals surface area contributed by atoms with Crippen LogP contribution in [0.5, 0.6) is 0 Å². The van der Waals surface area contributed by atoms with E-state index in [0.29, 0.717) is 10.6 Å². The van der Waals surface area contributed by atoms with Gasteiger partial charge in [-0.25, -0.2) is 4.79 Å². The Labute approximate surface area is 163 Å². The van der Waals surface area contributed by atoms with Gasteiger partial charge in [-0.2, -0.15) is 13.2 Å². The largest absolute Gasteiger partial charge is 0.462 e. The molecule has 5 nitrogen and oxygen atoms in total. The average molecular weight is 412 g/mol. The third-order valence-electron chi connectivity index (χ3n) is 4.30. The van der Waals surface area contributed by atoms with Crippen LogP contribution in [0.15, 0.2) is 24.3 Å². The molecule has 0 saturated heterocycles. The summed E-state index contributed by atoms with van der Waals surface area (Å²) >= 11 is 1.35. The van der Waals surface area contributed by atoms with Crippen molar-refractivity contribution in [1.29, 1.82) is 0 Å². The van der Waals surface area contributed by atoms with E-state index in [1.807, 2.05) is 0 Å². The highest BCUT2D eigenvalue weighted by molar-refractivity contribution is 7.17. The van der Waals surface area contributed by atoms with Gasteiger partial charge in [0.05, 0.1) is 24.3 Å². The maximum atomic E-state index is 12.8. The van der Waals surface area contributed by atoms with Crippen molar-refractivity contribution in [1.82, 2.24) is 0 Å². The van der Waals surface area contributed by atoms with E-state index >= 15 is 0 Å². The molecular formula is C19H19F3N2O3S. The quantitative estimate of drug-likeness (QED) is 0.687. The van der Waals surface area contributed by atoms with Crippen molar-refractivity contribution in [3.05, 3.63) is 45.8 Å².